The first kappa shape index (κ1) is 13.5. The van der Waals surface area contributed by atoms with E-state index in [0.717, 1.165) is 0 Å². The zero-order chi connectivity index (χ0) is 12.1. The molecule has 16 heavy (non-hydrogen) atoms. The Morgan fingerprint density at radius 2 is 2.31 bits per heavy atom. The molecule has 0 aliphatic rings. The highest BCUT2D eigenvalue weighted by Crippen LogP contribution is 2.21. The average molecular weight is 307 g/mol. The number of rotatable bonds is 4. The Bertz CT molecular complexity index is 384. The van der Waals surface area contributed by atoms with E-state index >= 15 is 0 Å². The first-order chi connectivity index (χ1) is 7.54. The van der Waals surface area contributed by atoms with E-state index in [1.807, 2.05) is 6.92 Å². The van der Waals surface area contributed by atoms with Crippen LogP contribution in [0.25, 0.3) is 0 Å². The van der Waals surface area contributed by atoms with Gasteiger partial charge in [-0.2, -0.15) is 0 Å². The van der Waals surface area contributed by atoms with Crippen molar-refractivity contribution in [2.24, 2.45) is 0 Å². The Hall–Kier alpha value is -0.580. The summed E-state index contributed by atoms with van der Waals surface area (Å²) in [5.74, 6) is -0.146. The highest BCUT2D eigenvalue weighted by molar-refractivity contribution is 9.10. The third-order valence-corrected chi connectivity index (χ3v) is 3.02. The number of carbonyl (C=O) groups is 1. The molecule has 0 aromatic heterocycles. The molecule has 0 aliphatic heterocycles. The van der Waals surface area contributed by atoms with Gasteiger partial charge < -0.3 is 10.1 Å². The van der Waals surface area contributed by atoms with Crippen molar-refractivity contribution in [2.45, 2.75) is 13.0 Å². The number of methoxy groups -OCH3 is 1. The van der Waals surface area contributed by atoms with E-state index in [1.54, 1.807) is 25.3 Å². The summed E-state index contributed by atoms with van der Waals surface area (Å²) in [6.45, 7) is 2.36. The van der Waals surface area contributed by atoms with Crippen LogP contribution < -0.4 is 5.32 Å². The van der Waals surface area contributed by atoms with Crippen LogP contribution in [-0.4, -0.2) is 25.7 Å². The fourth-order valence-corrected chi connectivity index (χ4v) is 1.95. The molecule has 1 amide bonds. The lowest BCUT2D eigenvalue weighted by Gasteiger charge is -2.11. The van der Waals surface area contributed by atoms with Crippen molar-refractivity contribution in [2.75, 3.05) is 13.7 Å². The van der Waals surface area contributed by atoms with E-state index in [9.17, 15) is 4.79 Å². The second-order valence-corrected chi connectivity index (χ2v) is 4.67. The van der Waals surface area contributed by atoms with Crippen molar-refractivity contribution in [3.8, 4) is 0 Å². The van der Waals surface area contributed by atoms with Crippen LogP contribution in [0.3, 0.4) is 0 Å². The van der Waals surface area contributed by atoms with Gasteiger partial charge in [0, 0.05) is 23.1 Å². The zero-order valence-electron chi connectivity index (χ0n) is 9.09. The van der Waals surface area contributed by atoms with Gasteiger partial charge in [0.15, 0.2) is 0 Å². The number of ether oxygens (including phenoxy) is 1. The third-order valence-electron chi connectivity index (χ3n) is 2.13. The molecule has 1 atom stereocenters. The minimum absolute atomic E-state index is 0.00461. The van der Waals surface area contributed by atoms with Gasteiger partial charge in [-0.15, -0.1) is 0 Å². The summed E-state index contributed by atoms with van der Waals surface area (Å²) in [7, 11) is 1.61. The van der Waals surface area contributed by atoms with Crippen molar-refractivity contribution in [1.29, 1.82) is 0 Å². The Kier molecular flexibility index (Phi) is 5.25. The number of benzene rings is 1. The van der Waals surface area contributed by atoms with Gasteiger partial charge in [0.05, 0.1) is 11.7 Å². The Morgan fingerprint density at radius 1 is 1.62 bits per heavy atom. The molecule has 0 saturated carbocycles. The summed E-state index contributed by atoms with van der Waals surface area (Å²) in [6.07, 6.45) is -0.00461. The number of carbonyl (C=O) groups excluding carboxylic acids is 1. The number of hydrogen-bond donors (Lipinski definition) is 1. The molecule has 1 rings (SSSR count). The maximum absolute atomic E-state index is 11.8. The lowest BCUT2D eigenvalue weighted by molar-refractivity contribution is 0.0870. The van der Waals surface area contributed by atoms with Crippen molar-refractivity contribution < 1.29 is 9.53 Å². The van der Waals surface area contributed by atoms with Crippen molar-refractivity contribution in [3.63, 3.8) is 0 Å². The lowest BCUT2D eigenvalue weighted by Crippen LogP contribution is -2.31. The highest BCUT2D eigenvalue weighted by Gasteiger charge is 2.10. The first-order valence-electron chi connectivity index (χ1n) is 4.80. The maximum Gasteiger partial charge on any atom is 0.252 e. The summed E-state index contributed by atoms with van der Waals surface area (Å²) in [5.41, 5.74) is 0.563. The van der Waals surface area contributed by atoms with Gasteiger partial charge in [-0.3, -0.25) is 4.79 Å². The van der Waals surface area contributed by atoms with Crippen LogP contribution in [0.4, 0.5) is 0 Å². The molecule has 0 radical (unpaired) electrons. The van der Waals surface area contributed by atoms with E-state index in [-0.39, 0.29) is 12.0 Å². The van der Waals surface area contributed by atoms with Gasteiger partial charge in [0.1, 0.15) is 0 Å². The lowest BCUT2D eigenvalue weighted by atomic mass is 10.2. The maximum atomic E-state index is 11.8. The fraction of sp³-hybridized carbons (Fsp3) is 0.364. The highest BCUT2D eigenvalue weighted by atomic mass is 79.9. The average Bonchev–Trinajstić information content (AvgIpc) is 2.25. The van der Waals surface area contributed by atoms with Gasteiger partial charge >= 0.3 is 0 Å². The largest absolute Gasteiger partial charge is 0.380 e. The second kappa shape index (κ2) is 6.23. The molecule has 1 aromatic carbocycles. The normalized spacial score (nSPS) is 12.2. The number of amides is 1. The van der Waals surface area contributed by atoms with E-state index in [2.05, 4.69) is 21.2 Å². The molecule has 0 heterocycles. The van der Waals surface area contributed by atoms with E-state index in [4.69, 9.17) is 16.3 Å². The van der Waals surface area contributed by atoms with E-state index in [0.29, 0.717) is 21.6 Å². The van der Waals surface area contributed by atoms with Crippen LogP contribution in [0.5, 0.6) is 0 Å². The van der Waals surface area contributed by atoms with Crippen LogP contribution >= 0.6 is 27.5 Å². The predicted octanol–water partition coefficient (Wildman–Crippen LogP) is 2.87. The molecule has 5 heteroatoms. The smallest absolute Gasteiger partial charge is 0.252 e. The van der Waals surface area contributed by atoms with Gasteiger partial charge in [-0.25, -0.2) is 0 Å². The predicted molar refractivity (Wildman–Crippen MR) is 68.0 cm³/mol. The Balaban J connectivity index is 2.66. The van der Waals surface area contributed by atoms with Gasteiger partial charge in [-0.05, 0) is 41.1 Å². The minimum atomic E-state index is -0.146. The van der Waals surface area contributed by atoms with Gasteiger partial charge in [0.2, 0.25) is 0 Å². The molecule has 0 saturated heterocycles. The molecule has 0 aliphatic carbocycles. The van der Waals surface area contributed by atoms with Gasteiger partial charge in [0.25, 0.3) is 5.91 Å². The molecule has 0 bridgehead atoms. The van der Waals surface area contributed by atoms with Crippen LogP contribution in [0.1, 0.15) is 17.3 Å². The summed E-state index contributed by atoms with van der Waals surface area (Å²) < 4.78 is 5.72. The van der Waals surface area contributed by atoms with E-state index in [1.165, 1.54) is 0 Å². The van der Waals surface area contributed by atoms with Gasteiger partial charge in [-0.1, -0.05) is 11.6 Å². The standard InChI is InChI=1S/C11H13BrClNO2/c1-7(16-2)6-14-11(15)9-4-3-8(13)5-10(9)12/h3-5,7H,6H2,1-2H3,(H,14,15). The summed E-state index contributed by atoms with van der Waals surface area (Å²) in [5, 5.41) is 3.36. The monoisotopic (exact) mass is 305 g/mol. The quantitative estimate of drug-likeness (QED) is 0.929. The molecule has 1 N–H and O–H groups in total. The van der Waals surface area contributed by atoms with Crippen LogP contribution in [0.15, 0.2) is 22.7 Å². The van der Waals surface area contributed by atoms with E-state index < -0.39 is 0 Å². The third kappa shape index (κ3) is 3.77. The molecule has 1 unspecified atom stereocenters. The summed E-state index contributed by atoms with van der Waals surface area (Å²) >= 11 is 9.09. The fourth-order valence-electron chi connectivity index (χ4n) is 1.09. The topological polar surface area (TPSA) is 38.3 Å². The number of nitrogens with one attached hydrogen (secondary N) is 1. The summed E-state index contributed by atoms with van der Waals surface area (Å²) in [4.78, 5) is 11.8. The van der Waals surface area contributed by atoms with Crippen molar-refractivity contribution in [1.82, 2.24) is 5.32 Å². The van der Waals surface area contributed by atoms with Crippen molar-refractivity contribution >= 4 is 33.4 Å². The van der Waals surface area contributed by atoms with Crippen molar-refractivity contribution in [3.05, 3.63) is 33.3 Å². The SMILES string of the molecule is COC(C)CNC(=O)c1ccc(Cl)cc1Br. The molecular weight excluding hydrogens is 293 g/mol. The number of halogens is 2. The first-order valence-corrected chi connectivity index (χ1v) is 5.97. The molecular formula is C11H13BrClNO2. The Labute approximate surface area is 108 Å². The molecule has 88 valence electrons. The van der Waals surface area contributed by atoms with Crippen LogP contribution in [-0.2, 0) is 4.74 Å². The molecule has 0 spiro atoms. The van der Waals surface area contributed by atoms with Crippen LogP contribution in [0.2, 0.25) is 5.02 Å². The van der Waals surface area contributed by atoms with Crippen LogP contribution in [0, 0.1) is 0 Å². The summed E-state index contributed by atoms with van der Waals surface area (Å²) in [6, 6.07) is 5.05. The Morgan fingerprint density at radius 3 is 2.88 bits per heavy atom. The number of hydrogen-bond acceptors (Lipinski definition) is 2. The zero-order valence-corrected chi connectivity index (χ0v) is 11.4. The minimum Gasteiger partial charge on any atom is -0.380 e. The molecule has 3 nitrogen and oxygen atoms in total. The molecule has 1 aromatic rings. The molecule has 0 fully saturated rings. The second-order valence-electron chi connectivity index (χ2n) is 3.38.